The maximum Gasteiger partial charge on any atom is 0.141 e. The monoisotopic (exact) mass is 116 g/mol. The lowest BCUT2D eigenvalue weighted by molar-refractivity contribution is 0.0760. The van der Waals surface area contributed by atoms with E-state index in [-0.39, 0.29) is 0 Å². The van der Waals surface area contributed by atoms with Crippen molar-refractivity contribution in [3.8, 4) is 0 Å². The van der Waals surface area contributed by atoms with E-state index in [1.165, 1.54) is 0 Å². The van der Waals surface area contributed by atoms with Gasteiger partial charge in [0.1, 0.15) is 12.6 Å². The highest BCUT2D eigenvalue weighted by Gasteiger charge is 1.78. The van der Waals surface area contributed by atoms with Crippen LogP contribution >= 0.6 is 0 Å². The number of nitrogens with zero attached hydrogens (tertiary/aromatic N) is 1. The molecule has 0 aliphatic carbocycles. The molecule has 0 unspecified atom stereocenters. The van der Waals surface area contributed by atoms with Gasteiger partial charge in [-0.3, -0.25) is 0 Å². The summed E-state index contributed by atoms with van der Waals surface area (Å²) in [5, 5.41) is 9.30. The molecule has 0 aliphatic heterocycles. The Morgan fingerprint density at radius 2 is 2.38 bits per heavy atom. The summed E-state index contributed by atoms with van der Waals surface area (Å²) in [4.78, 5) is 4.42. The van der Waals surface area contributed by atoms with Crippen molar-refractivity contribution in [3.63, 3.8) is 0 Å². The predicted octanol–water partition coefficient (Wildman–Crippen LogP) is 0.317. The SMILES string of the molecule is COCCON=C=N. The molecule has 8 heavy (non-hydrogen) atoms. The first-order chi connectivity index (χ1) is 3.91. The third-order valence-electron chi connectivity index (χ3n) is 0.489. The lowest BCUT2D eigenvalue weighted by atomic mass is 10.8. The fraction of sp³-hybridized carbons (Fsp3) is 0.750. The highest BCUT2D eigenvalue weighted by molar-refractivity contribution is 5.34. The van der Waals surface area contributed by atoms with Gasteiger partial charge in [0.2, 0.25) is 0 Å². The maximum atomic E-state index is 6.26. The minimum absolute atomic E-state index is 0.377. The highest BCUT2D eigenvalue weighted by atomic mass is 16.6. The lowest BCUT2D eigenvalue weighted by Crippen LogP contribution is -1.96. The van der Waals surface area contributed by atoms with Gasteiger partial charge in [0.25, 0.3) is 0 Å². The van der Waals surface area contributed by atoms with E-state index in [1.54, 1.807) is 13.1 Å². The summed E-state index contributed by atoms with van der Waals surface area (Å²) >= 11 is 0. The van der Waals surface area contributed by atoms with Gasteiger partial charge < -0.3 is 9.57 Å². The molecule has 4 nitrogen and oxygen atoms in total. The van der Waals surface area contributed by atoms with Crippen LogP contribution in [-0.2, 0) is 9.57 Å². The Kier molecular flexibility index (Phi) is 5.48. The zero-order valence-electron chi connectivity index (χ0n) is 4.68. The van der Waals surface area contributed by atoms with Crippen LogP contribution in [0, 0.1) is 5.41 Å². The molecule has 46 valence electrons. The number of ether oxygens (including phenoxy) is 1. The smallest absolute Gasteiger partial charge is 0.141 e. The molecule has 0 bridgehead atoms. The van der Waals surface area contributed by atoms with Crippen LogP contribution in [0.4, 0.5) is 0 Å². The molecule has 0 spiro atoms. The van der Waals surface area contributed by atoms with Crippen LogP contribution in [0.1, 0.15) is 0 Å². The van der Waals surface area contributed by atoms with Gasteiger partial charge >= 0.3 is 0 Å². The molecule has 0 heterocycles. The predicted molar refractivity (Wildman–Crippen MR) is 28.0 cm³/mol. The fourth-order valence-corrected chi connectivity index (χ4v) is 0.199. The summed E-state index contributed by atoms with van der Waals surface area (Å²) in [5.74, 6) is 0. The van der Waals surface area contributed by atoms with Crippen LogP contribution in [-0.4, -0.2) is 26.3 Å². The largest absolute Gasteiger partial charge is 0.385 e. The van der Waals surface area contributed by atoms with Gasteiger partial charge in [-0.15, -0.1) is 0 Å². The molecule has 0 aliphatic rings. The van der Waals surface area contributed by atoms with E-state index >= 15 is 0 Å². The third kappa shape index (κ3) is 5.14. The fourth-order valence-electron chi connectivity index (χ4n) is 0.199. The summed E-state index contributed by atoms with van der Waals surface area (Å²) in [6.45, 7) is 0.869. The molecule has 0 aromatic carbocycles. The average molecular weight is 116 g/mol. The average Bonchev–Trinajstić information content (AvgIpc) is 1.81. The third-order valence-corrected chi connectivity index (χ3v) is 0.489. The second kappa shape index (κ2) is 6.14. The van der Waals surface area contributed by atoms with Crippen molar-refractivity contribution in [2.24, 2.45) is 5.16 Å². The Hall–Kier alpha value is -0.860. The quantitative estimate of drug-likeness (QED) is 0.326. The molecule has 0 aromatic rings. The molecule has 0 fully saturated rings. The Morgan fingerprint density at radius 3 is 2.88 bits per heavy atom. The van der Waals surface area contributed by atoms with Crippen LogP contribution in [0.3, 0.4) is 0 Å². The molecular weight excluding hydrogens is 108 g/mol. The van der Waals surface area contributed by atoms with Gasteiger partial charge in [-0.25, -0.2) is 5.41 Å². The van der Waals surface area contributed by atoms with Crippen LogP contribution < -0.4 is 0 Å². The van der Waals surface area contributed by atoms with Crippen molar-refractivity contribution in [1.29, 1.82) is 5.41 Å². The van der Waals surface area contributed by atoms with E-state index in [0.717, 1.165) is 0 Å². The Morgan fingerprint density at radius 1 is 1.62 bits per heavy atom. The minimum atomic E-state index is 0.377. The zero-order chi connectivity index (χ0) is 6.24. The van der Waals surface area contributed by atoms with E-state index in [2.05, 4.69) is 14.7 Å². The van der Waals surface area contributed by atoms with Crippen LogP contribution in [0.2, 0.25) is 0 Å². The standard InChI is InChI=1S/C4H8N2O2/c1-7-2-3-8-6-4-5/h5H,2-3H2,1H3. The van der Waals surface area contributed by atoms with Gasteiger partial charge in [0.15, 0.2) is 0 Å². The minimum Gasteiger partial charge on any atom is -0.385 e. The molecule has 0 radical (unpaired) electrons. The zero-order valence-corrected chi connectivity index (χ0v) is 4.68. The molecule has 0 atom stereocenters. The normalized spacial score (nSPS) is 7.62. The highest BCUT2D eigenvalue weighted by Crippen LogP contribution is 1.72. The number of hydrogen-bond donors (Lipinski definition) is 1. The van der Waals surface area contributed by atoms with Crippen molar-refractivity contribution in [1.82, 2.24) is 0 Å². The molecule has 4 heteroatoms. The second-order valence-corrected chi connectivity index (χ2v) is 1.03. The molecule has 0 amide bonds. The maximum absolute atomic E-state index is 6.26. The lowest BCUT2D eigenvalue weighted by Gasteiger charge is -1.92. The summed E-state index contributed by atoms with van der Waals surface area (Å²) in [7, 11) is 1.57. The molecule has 0 aromatic heterocycles. The number of methoxy groups -OCH3 is 1. The number of hydrogen-bond acceptors (Lipinski definition) is 4. The first-order valence-electron chi connectivity index (χ1n) is 2.14. The van der Waals surface area contributed by atoms with Gasteiger partial charge in [0.05, 0.1) is 6.61 Å². The Labute approximate surface area is 47.6 Å². The summed E-state index contributed by atoms with van der Waals surface area (Å²) < 4.78 is 4.61. The Bertz CT molecular complexity index is 88.0. The summed E-state index contributed by atoms with van der Waals surface area (Å²) in [5.41, 5.74) is 0. The first kappa shape index (κ1) is 7.14. The van der Waals surface area contributed by atoms with E-state index in [9.17, 15) is 0 Å². The van der Waals surface area contributed by atoms with Gasteiger partial charge in [0, 0.05) is 7.11 Å². The number of nitrogens with one attached hydrogen (secondary N) is 1. The van der Waals surface area contributed by atoms with Crippen molar-refractivity contribution < 1.29 is 9.57 Å². The van der Waals surface area contributed by atoms with E-state index in [0.29, 0.717) is 13.2 Å². The van der Waals surface area contributed by atoms with Crippen molar-refractivity contribution in [3.05, 3.63) is 0 Å². The molecule has 1 N–H and O–H groups in total. The van der Waals surface area contributed by atoms with Crippen LogP contribution in [0.5, 0.6) is 0 Å². The van der Waals surface area contributed by atoms with Crippen LogP contribution in [0.15, 0.2) is 5.16 Å². The Balaban J connectivity index is 2.82. The molecular formula is C4H8N2O2. The molecule has 0 saturated heterocycles. The van der Waals surface area contributed by atoms with E-state index in [4.69, 9.17) is 5.41 Å². The first-order valence-corrected chi connectivity index (χ1v) is 2.14. The van der Waals surface area contributed by atoms with Gasteiger partial charge in [-0.05, 0) is 5.16 Å². The topological polar surface area (TPSA) is 54.7 Å². The summed E-state index contributed by atoms with van der Waals surface area (Å²) in [6, 6.07) is 1.72. The summed E-state index contributed by atoms with van der Waals surface area (Å²) in [6.07, 6.45) is 0. The van der Waals surface area contributed by atoms with E-state index in [1.807, 2.05) is 0 Å². The van der Waals surface area contributed by atoms with E-state index < -0.39 is 0 Å². The van der Waals surface area contributed by atoms with Gasteiger partial charge in [-0.1, -0.05) is 0 Å². The van der Waals surface area contributed by atoms with Crippen molar-refractivity contribution >= 4 is 6.01 Å². The van der Waals surface area contributed by atoms with Gasteiger partial charge in [-0.2, -0.15) is 0 Å². The second-order valence-electron chi connectivity index (χ2n) is 1.03. The van der Waals surface area contributed by atoms with Crippen molar-refractivity contribution in [2.75, 3.05) is 20.3 Å². The molecule has 0 rings (SSSR count). The van der Waals surface area contributed by atoms with Crippen molar-refractivity contribution in [2.45, 2.75) is 0 Å². The number of rotatable bonds is 4. The molecule has 0 saturated carbocycles. The van der Waals surface area contributed by atoms with Crippen LogP contribution in [0.25, 0.3) is 0 Å².